The van der Waals surface area contributed by atoms with Gasteiger partial charge in [0.25, 0.3) is 0 Å². The Morgan fingerprint density at radius 2 is 2.00 bits per heavy atom. The zero-order valence-corrected chi connectivity index (χ0v) is 11.8. The summed E-state index contributed by atoms with van der Waals surface area (Å²) in [5.41, 5.74) is -0.0727. The van der Waals surface area contributed by atoms with Gasteiger partial charge in [0.05, 0.1) is 5.69 Å². The van der Waals surface area contributed by atoms with Crippen LogP contribution < -0.4 is 5.32 Å². The van der Waals surface area contributed by atoms with Gasteiger partial charge in [-0.15, -0.1) is 0 Å². The molecule has 0 radical (unpaired) electrons. The number of benzene rings is 1. The normalized spacial score (nSPS) is 20.7. The highest BCUT2D eigenvalue weighted by Gasteiger charge is 2.19. The Bertz CT molecular complexity index is 451. The van der Waals surface area contributed by atoms with E-state index in [2.05, 4.69) is 17.1 Å². The molecule has 1 aliphatic rings. The Hall–Kier alpha value is -1.23. The summed E-state index contributed by atoms with van der Waals surface area (Å²) in [5, 5.41) is 2.95. The zero-order valence-electron chi connectivity index (χ0n) is 11.8. The molecule has 1 N–H and O–H groups in total. The summed E-state index contributed by atoms with van der Waals surface area (Å²) in [6.45, 7) is 5.18. The maximum Gasteiger partial charge on any atom is 0.182 e. The van der Waals surface area contributed by atoms with Crippen molar-refractivity contribution in [2.24, 2.45) is 0 Å². The molecule has 0 aromatic heterocycles. The predicted molar refractivity (Wildman–Crippen MR) is 74.3 cm³/mol. The molecule has 0 spiro atoms. The van der Waals surface area contributed by atoms with Crippen LogP contribution in [0.15, 0.2) is 12.1 Å². The van der Waals surface area contributed by atoms with Crippen molar-refractivity contribution >= 4 is 5.69 Å². The van der Waals surface area contributed by atoms with Crippen LogP contribution in [0.1, 0.15) is 32.6 Å². The molecule has 1 aromatic rings. The SMILES string of the molecule is CCCN1CCCC(Nc2cc(F)cc(F)c2F)CC1. The Kier molecular flexibility index (Phi) is 5.29. The van der Waals surface area contributed by atoms with E-state index in [9.17, 15) is 13.2 Å². The van der Waals surface area contributed by atoms with Crippen LogP contribution in [0.5, 0.6) is 0 Å². The largest absolute Gasteiger partial charge is 0.380 e. The Labute approximate surface area is 118 Å². The number of halogens is 3. The molecule has 20 heavy (non-hydrogen) atoms. The Morgan fingerprint density at radius 3 is 2.75 bits per heavy atom. The second kappa shape index (κ2) is 6.97. The number of hydrogen-bond acceptors (Lipinski definition) is 2. The third-order valence-corrected chi connectivity index (χ3v) is 3.71. The van der Waals surface area contributed by atoms with Crippen LogP contribution in [-0.4, -0.2) is 30.6 Å². The summed E-state index contributed by atoms with van der Waals surface area (Å²) in [6, 6.07) is 1.65. The van der Waals surface area contributed by atoms with E-state index in [1.54, 1.807) is 0 Å². The van der Waals surface area contributed by atoms with Crippen molar-refractivity contribution < 1.29 is 13.2 Å². The van der Waals surface area contributed by atoms with E-state index in [0.29, 0.717) is 6.07 Å². The smallest absolute Gasteiger partial charge is 0.182 e. The first kappa shape index (κ1) is 15.2. The number of nitrogens with zero attached hydrogens (tertiary/aromatic N) is 1. The minimum Gasteiger partial charge on any atom is -0.380 e. The topological polar surface area (TPSA) is 15.3 Å². The van der Waals surface area contributed by atoms with Crippen LogP contribution in [-0.2, 0) is 0 Å². The molecule has 2 nitrogen and oxygen atoms in total. The van der Waals surface area contributed by atoms with Gasteiger partial charge in [0, 0.05) is 24.7 Å². The summed E-state index contributed by atoms with van der Waals surface area (Å²) in [5.74, 6) is -2.90. The average Bonchev–Trinajstić information content (AvgIpc) is 2.62. The lowest BCUT2D eigenvalue weighted by Crippen LogP contribution is -2.27. The quantitative estimate of drug-likeness (QED) is 0.847. The second-order valence-electron chi connectivity index (χ2n) is 5.36. The van der Waals surface area contributed by atoms with Gasteiger partial charge in [-0.1, -0.05) is 6.92 Å². The van der Waals surface area contributed by atoms with E-state index in [1.807, 2.05) is 0 Å². The maximum absolute atomic E-state index is 13.6. The third kappa shape index (κ3) is 3.88. The molecule has 5 heteroatoms. The molecule has 0 amide bonds. The van der Waals surface area contributed by atoms with Crippen LogP contribution in [0.25, 0.3) is 0 Å². The van der Waals surface area contributed by atoms with E-state index >= 15 is 0 Å². The van der Waals surface area contributed by atoms with Gasteiger partial charge < -0.3 is 10.2 Å². The molecule has 1 aromatic carbocycles. The van der Waals surface area contributed by atoms with Crippen LogP contribution in [0.2, 0.25) is 0 Å². The van der Waals surface area contributed by atoms with Crippen molar-refractivity contribution in [3.63, 3.8) is 0 Å². The molecule has 112 valence electrons. The molecule has 0 bridgehead atoms. The number of nitrogens with one attached hydrogen (secondary N) is 1. The summed E-state index contributed by atoms with van der Waals surface area (Å²) in [4.78, 5) is 2.38. The second-order valence-corrected chi connectivity index (χ2v) is 5.36. The molecule has 1 saturated heterocycles. The van der Waals surface area contributed by atoms with E-state index in [0.717, 1.165) is 51.4 Å². The first-order valence-electron chi connectivity index (χ1n) is 7.23. The van der Waals surface area contributed by atoms with Gasteiger partial charge in [0.15, 0.2) is 11.6 Å². The molecule has 1 unspecified atom stereocenters. The van der Waals surface area contributed by atoms with Crippen molar-refractivity contribution in [3.8, 4) is 0 Å². The Morgan fingerprint density at radius 1 is 1.20 bits per heavy atom. The molecule has 2 rings (SSSR count). The standard InChI is InChI=1S/C15H21F3N2/c1-2-6-20-7-3-4-12(5-8-20)19-14-10-11(16)9-13(17)15(14)18/h9-10,12,19H,2-8H2,1H3. The van der Waals surface area contributed by atoms with Crippen molar-refractivity contribution in [2.45, 2.75) is 38.6 Å². The van der Waals surface area contributed by atoms with E-state index in [-0.39, 0.29) is 11.7 Å². The van der Waals surface area contributed by atoms with Crippen molar-refractivity contribution in [1.29, 1.82) is 0 Å². The van der Waals surface area contributed by atoms with E-state index in [4.69, 9.17) is 0 Å². The highest BCUT2D eigenvalue weighted by Crippen LogP contribution is 2.22. The molecule has 0 saturated carbocycles. The van der Waals surface area contributed by atoms with Gasteiger partial charge in [-0.05, 0) is 38.8 Å². The fourth-order valence-corrected chi connectivity index (χ4v) is 2.72. The molecule has 1 aliphatic heterocycles. The van der Waals surface area contributed by atoms with E-state index in [1.165, 1.54) is 0 Å². The van der Waals surface area contributed by atoms with Crippen molar-refractivity contribution in [3.05, 3.63) is 29.6 Å². The molecular formula is C15H21F3N2. The monoisotopic (exact) mass is 286 g/mol. The first-order valence-corrected chi connectivity index (χ1v) is 7.23. The molecule has 1 fully saturated rings. The number of likely N-dealkylation sites (tertiary alicyclic amines) is 1. The van der Waals surface area contributed by atoms with Crippen molar-refractivity contribution in [1.82, 2.24) is 4.90 Å². The summed E-state index contributed by atoms with van der Waals surface area (Å²) >= 11 is 0. The Balaban J connectivity index is 2.00. The minimum atomic E-state index is -1.14. The molecular weight excluding hydrogens is 265 g/mol. The third-order valence-electron chi connectivity index (χ3n) is 3.71. The fourth-order valence-electron chi connectivity index (χ4n) is 2.72. The number of hydrogen-bond donors (Lipinski definition) is 1. The molecule has 0 aliphatic carbocycles. The zero-order chi connectivity index (χ0) is 14.5. The molecule has 1 heterocycles. The van der Waals surface area contributed by atoms with Gasteiger partial charge in [0.2, 0.25) is 0 Å². The van der Waals surface area contributed by atoms with Crippen LogP contribution >= 0.6 is 0 Å². The van der Waals surface area contributed by atoms with Gasteiger partial charge >= 0.3 is 0 Å². The van der Waals surface area contributed by atoms with Crippen molar-refractivity contribution in [2.75, 3.05) is 25.0 Å². The van der Waals surface area contributed by atoms with Gasteiger partial charge in [-0.3, -0.25) is 0 Å². The highest BCUT2D eigenvalue weighted by molar-refractivity contribution is 5.46. The lowest BCUT2D eigenvalue weighted by molar-refractivity contribution is 0.285. The van der Waals surface area contributed by atoms with Crippen LogP contribution in [0.4, 0.5) is 18.9 Å². The number of anilines is 1. The van der Waals surface area contributed by atoms with Crippen LogP contribution in [0.3, 0.4) is 0 Å². The lowest BCUT2D eigenvalue weighted by atomic mass is 10.1. The summed E-state index contributed by atoms with van der Waals surface area (Å²) in [6.07, 6.45) is 3.87. The van der Waals surface area contributed by atoms with Gasteiger partial charge in [-0.2, -0.15) is 0 Å². The first-order chi connectivity index (χ1) is 9.60. The maximum atomic E-state index is 13.6. The predicted octanol–water partition coefficient (Wildman–Crippen LogP) is 3.78. The van der Waals surface area contributed by atoms with Crippen LogP contribution in [0, 0.1) is 17.5 Å². The number of rotatable bonds is 4. The molecule has 1 atom stereocenters. The fraction of sp³-hybridized carbons (Fsp3) is 0.600. The highest BCUT2D eigenvalue weighted by atomic mass is 19.2. The summed E-state index contributed by atoms with van der Waals surface area (Å²) in [7, 11) is 0. The van der Waals surface area contributed by atoms with Gasteiger partial charge in [0.1, 0.15) is 5.82 Å². The average molecular weight is 286 g/mol. The lowest BCUT2D eigenvalue weighted by Gasteiger charge is -2.20. The van der Waals surface area contributed by atoms with Gasteiger partial charge in [-0.25, -0.2) is 13.2 Å². The summed E-state index contributed by atoms with van der Waals surface area (Å²) < 4.78 is 39.9. The van der Waals surface area contributed by atoms with E-state index < -0.39 is 17.5 Å². The minimum absolute atomic E-state index is 0.0626.